The van der Waals surface area contributed by atoms with Gasteiger partial charge in [0.25, 0.3) is 0 Å². The van der Waals surface area contributed by atoms with Gasteiger partial charge in [-0.1, -0.05) is 12.8 Å². The van der Waals surface area contributed by atoms with Crippen LogP contribution >= 0.6 is 0 Å². The van der Waals surface area contributed by atoms with Gasteiger partial charge in [0, 0.05) is 19.0 Å². The molecule has 0 bridgehead atoms. The molecule has 3 heteroatoms. The van der Waals surface area contributed by atoms with Gasteiger partial charge in [0.05, 0.1) is 0 Å². The molecule has 0 aromatic heterocycles. The van der Waals surface area contributed by atoms with Gasteiger partial charge in [-0.15, -0.1) is 0 Å². The Balaban J connectivity index is 1.81. The first kappa shape index (κ1) is 10.9. The zero-order chi connectivity index (χ0) is 10.7. The van der Waals surface area contributed by atoms with Crippen molar-refractivity contribution < 1.29 is 4.79 Å². The Kier molecular flexibility index (Phi) is 3.62. The minimum atomic E-state index is 0.360. The second kappa shape index (κ2) is 4.97. The van der Waals surface area contributed by atoms with Crippen molar-refractivity contribution in [3.63, 3.8) is 0 Å². The normalized spacial score (nSPS) is 27.5. The number of hydrogen-bond donors (Lipinski definition) is 1. The first-order chi connectivity index (χ1) is 7.31. The van der Waals surface area contributed by atoms with Crippen LogP contribution in [0.4, 0.5) is 0 Å². The SMILES string of the molecule is CNCC1CCN(C(=O)C2CCCC2)C1. The van der Waals surface area contributed by atoms with Crippen LogP contribution < -0.4 is 5.32 Å². The number of carbonyl (C=O) groups is 1. The second-order valence-corrected chi connectivity index (χ2v) is 4.98. The van der Waals surface area contributed by atoms with Crippen LogP contribution in [0.3, 0.4) is 0 Å². The highest BCUT2D eigenvalue weighted by molar-refractivity contribution is 5.79. The van der Waals surface area contributed by atoms with Crippen molar-refractivity contribution in [1.82, 2.24) is 10.2 Å². The van der Waals surface area contributed by atoms with E-state index in [9.17, 15) is 4.79 Å². The maximum Gasteiger partial charge on any atom is 0.225 e. The molecule has 2 rings (SSSR count). The van der Waals surface area contributed by atoms with Gasteiger partial charge >= 0.3 is 0 Å². The summed E-state index contributed by atoms with van der Waals surface area (Å²) >= 11 is 0. The molecule has 1 heterocycles. The molecule has 1 aliphatic carbocycles. The first-order valence-corrected chi connectivity index (χ1v) is 6.24. The van der Waals surface area contributed by atoms with Crippen LogP contribution in [0, 0.1) is 11.8 Å². The topological polar surface area (TPSA) is 32.3 Å². The fourth-order valence-corrected chi connectivity index (χ4v) is 2.92. The first-order valence-electron chi connectivity index (χ1n) is 6.24. The average molecular weight is 210 g/mol. The third-order valence-electron chi connectivity index (χ3n) is 3.79. The number of nitrogens with one attached hydrogen (secondary N) is 1. The van der Waals surface area contributed by atoms with Crippen molar-refractivity contribution in [2.45, 2.75) is 32.1 Å². The van der Waals surface area contributed by atoms with Gasteiger partial charge < -0.3 is 10.2 Å². The third-order valence-corrected chi connectivity index (χ3v) is 3.79. The summed E-state index contributed by atoms with van der Waals surface area (Å²) in [4.78, 5) is 14.2. The van der Waals surface area contributed by atoms with E-state index in [0.29, 0.717) is 17.7 Å². The lowest BCUT2D eigenvalue weighted by Crippen LogP contribution is -2.34. The highest BCUT2D eigenvalue weighted by Crippen LogP contribution is 2.28. The van der Waals surface area contributed by atoms with E-state index in [4.69, 9.17) is 0 Å². The van der Waals surface area contributed by atoms with Crippen LogP contribution in [0.15, 0.2) is 0 Å². The van der Waals surface area contributed by atoms with Gasteiger partial charge in [0.2, 0.25) is 5.91 Å². The lowest BCUT2D eigenvalue weighted by atomic mass is 10.1. The van der Waals surface area contributed by atoms with E-state index in [-0.39, 0.29) is 0 Å². The summed E-state index contributed by atoms with van der Waals surface area (Å²) in [6.07, 6.45) is 5.95. The molecule has 1 amide bonds. The van der Waals surface area contributed by atoms with Gasteiger partial charge in [-0.3, -0.25) is 4.79 Å². The Morgan fingerprint density at radius 3 is 2.73 bits per heavy atom. The Hall–Kier alpha value is -0.570. The summed E-state index contributed by atoms with van der Waals surface area (Å²) in [5, 5.41) is 3.20. The molecule has 15 heavy (non-hydrogen) atoms. The van der Waals surface area contributed by atoms with E-state index in [1.165, 1.54) is 19.3 Å². The fourth-order valence-electron chi connectivity index (χ4n) is 2.92. The molecule has 2 fully saturated rings. The summed E-state index contributed by atoms with van der Waals surface area (Å²) in [5.74, 6) is 1.48. The van der Waals surface area contributed by atoms with Crippen LogP contribution in [0.25, 0.3) is 0 Å². The van der Waals surface area contributed by atoms with E-state index in [1.54, 1.807) is 0 Å². The zero-order valence-electron chi connectivity index (χ0n) is 9.67. The standard InChI is InChI=1S/C12H22N2O/c1-13-8-10-6-7-14(9-10)12(15)11-4-2-3-5-11/h10-11,13H,2-9H2,1H3. The Morgan fingerprint density at radius 2 is 2.07 bits per heavy atom. The maximum atomic E-state index is 12.1. The molecular weight excluding hydrogens is 188 g/mol. The lowest BCUT2D eigenvalue weighted by Gasteiger charge is -2.20. The van der Waals surface area contributed by atoms with Crippen LogP contribution in [0.2, 0.25) is 0 Å². The molecule has 0 aromatic carbocycles. The largest absolute Gasteiger partial charge is 0.342 e. The zero-order valence-corrected chi connectivity index (χ0v) is 9.67. The monoisotopic (exact) mass is 210 g/mol. The summed E-state index contributed by atoms with van der Waals surface area (Å²) in [6, 6.07) is 0. The van der Waals surface area contributed by atoms with Crippen molar-refractivity contribution in [2.24, 2.45) is 11.8 Å². The van der Waals surface area contributed by atoms with Gasteiger partial charge in [-0.25, -0.2) is 0 Å². The predicted molar refractivity (Wildman–Crippen MR) is 60.6 cm³/mol. The molecule has 0 aromatic rings. The number of hydrogen-bond acceptors (Lipinski definition) is 2. The Morgan fingerprint density at radius 1 is 1.33 bits per heavy atom. The molecule has 1 unspecified atom stereocenters. The summed E-state index contributed by atoms with van der Waals surface area (Å²) < 4.78 is 0. The third kappa shape index (κ3) is 2.51. The van der Waals surface area contributed by atoms with E-state index in [1.807, 2.05) is 7.05 Å². The maximum absolute atomic E-state index is 12.1. The minimum absolute atomic E-state index is 0.360. The molecule has 1 N–H and O–H groups in total. The van der Waals surface area contributed by atoms with Crippen molar-refractivity contribution >= 4 is 5.91 Å². The lowest BCUT2D eigenvalue weighted by molar-refractivity contribution is -0.134. The van der Waals surface area contributed by atoms with Gasteiger partial charge in [0.15, 0.2) is 0 Å². The molecule has 0 spiro atoms. The van der Waals surface area contributed by atoms with Crippen LogP contribution in [-0.2, 0) is 4.79 Å². The number of amides is 1. The Labute approximate surface area is 92.2 Å². The van der Waals surface area contributed by atoms with E-state index < -0.39 is 0 Å². The van der Waals surface area contributed by atoms with Crippen molar-refractivity contribution in [3.8, 4) is 0 Å². The highest BCUT2D eigenvalue weighted by Gasteiger charge is 2.31. The fraction of sp³-hybridized carbons (Fsp3) is 0.917. The van der Waals surface area contributed by atoms with Crippen LogP contribution in [0.1, 0.15) is 32.1 Å². The molecule has 1 atom stereocenters. The summed E-state index contributed by atoms with van der Waals surface area (Å²) in [6.45, 7) is 3.02. The molecule has 3 nitrogen and oxygen atoms in total. The molecule has 0 radical (unpaired) electrons. The number of rotatable bonds is 3. The minimum Gasteiger partial charge on any atom is -0.342 e. The molecule has 1 saturated carbocycles. The molecule has 1 aliphatic heterocycles. The van der Waals surface area contributed by atoms with Crippen molar-refractivity contribution in [2.75, 3.05) is 26.7 Å². The quantitative estimate of drug-likeness (QED) is 0.760. The van der Waals surface area contributed by atoms with E-state index >= 15 is 0 Å². The van der Waals surface area contributed by atoms with Gasteiger partial charge in [-0.05, 0) is 38.8 Å². The van der Waals surface area contributed by atoms with E-state index in [0.717, 1.165) is 32.5 Å². The molecule has 1 saturated heterocycles. The molecule has 86 valence electrons. The van der Waals surface area contributed by atoms with Crippen LogP contribution in [-0.4, -0.2) is 37.5 Å². The molecule has 2 aliphatic rings. The number of likely N-dealkylation sites (tertiary alicyclic amines) is 1. The van der Waals surface area contributed by atoms with Gasteiger partial charge in [0.1, 0.15) is 0 Å². The van der Waals surface area contributed by atoms with Gasteiger partial charge in [-0.2, -0.15) is 0 Å². The second-order valence-electron chi connectivity index (χ2n) is 4.98. The average Bonchev–Trinajstić information content (AvgIpc) is 2.87. The predicted octanol–water partition coefficient (Wildman–Crippen LogP) is 1.24. The highest BCUT2D eigenvalue weighted by atomic mass is 16.2. The van der Waals surface area contributed by atoms with E-state index in [2.05, 4.69) is 10.2 Å². The van der Waals surface area contributed by atoms with Crippen molar-refractivity contribution in [3.05, 3.63) is 0 Å². The van der Waals surface area contributed by atoms with Crippen LogP contribution in [0.5, 0.6) is 0 Å². The number of nitrogens with zero attached hydrogens (tertiary/aromatic N) is 1. The summed E-state index contributed by atoms with van der Waals surface area (Å²) in [7, 11) is 1.99. The smallest absolute Gasteiger partial charge is 0.225 e. The van der Waals surface area contributed by atoms with Crippen molar-refractivity contribution in [1.29, 1.82) is 0 Å². The summed E-state index contributed by atoms with van der Waals surface area (Å²) in [5.41, 5.74) is 0. The number of carbonyl (C=O) groups excluding carboxylic acids is 1. The molecular formula is C12H22N2O. The Bertz CT molecular complexity index is 224.